The minimum absolute atomic E-state index is 0.0484. The first-order chi connectivity index (χ1) is 10.6. The molecule has 3 aromatic heterocycles. The Bertz CT molecular complexity index is 986. The van der Waals surface area contributed by atoms with Crippen molar-refractivity contribution in [2.75, 3.05) is 0 Å². The van der Waals surface area contributed by atoms with Crippen molar-refractivity contribution in [1.82, 2.24) is 19.8 Å². The standard InChI is InChI=1S/C14H8F2N4S2/c1-7-4-5-21-11(7)13-19-20-12(17-18-14(20)22-13)9-6-8(15)2-3-10(9)16/h2-6H,1H3. The molecule has 0 N–H and O–H groups in total. The van der Waals surface area contributed by atoms with Crippen LogP contribution in [0.4, 0.5) is 8.78 Å². The number of nitrogens with zero attached hydrogens (tertiary/aromatic N) is 4. The van der Waals surface area contributed by atoms with Crippen LogP contribution in [-0.4, -0.2) is 19.8 Å². The van der Waals surface area contributed by atoms with Crippen LogP contribution in [0.3, 0.4) is 0 Å². The second kappa shape index (κ2) is 4.92. The Kier molecular flexibility index (Phi) is 3.02. The Morgan fingerprint density at radius 2 is 2.00 bits per heavy atom. The van der Waals surface area contributed by atoms with Gasteiger partial charge in [0.25, 0.3) is 0 Å². The van der Waals surface area contributed by atoms with Gasteiger partial charge in [-0.15, -0.1) is 21.5 Å². The highest BCUT2D eigenvalue weighted by atomic mass is 32.1. The van der Waals surface area contributed by atoms with Gasteiger partial charge in [0.1, 0.15) is 11.6 Å². The van der Waals surface area contributed by atoms with Gasteiger partial charge in [-0.25, -0.2) is 8.78 Å². The number of hydrogen-bond donors (Lipinski definition) is 0. The minimum atomic E-state index is -0.558. The molecule has 8 heteroatoms. The van der Waals surface area contributed by atoms with E-state index in [1.807, 2.05) is 18.4 Å². The summed E-state index contributed by atoms with van der Waals surface area (Å²) in [6, 6.07) is 5.25. The molecule has 0 saturated heterocycles. The summed E-state index contributed by atoms with van der Waals surface area (Å²) in [5, 5.41) is 15.2. The van der Waals surface area contributed by atoms with Gasteiger partial charge in [-0.05, 0) is 42.1 Å². The van der Waals surface area contributed by atoms with E-state index in [9.17, 15) is 8.78 Å². The minimum Gasteiger partial charge on any atom is -0.207 e. The van der Waals surface area contributed by atoms with Crippen molar-refractivity contribution in [3.8, 4) is 21.3 Å². The summed E-state index contributed by atoms with van der Waals surface area (Å²) in [4.78, 5) is 1.59. The van der Waals surface area contributed by atoms with E-state index < -0.39 is 11.6 Å². The van der Waals surface area contributed by atoms with E-state index in [1.54, 1.807) is 11.3 Å². The third-order valence-electron chi connectivity index (χ3n) is 3.22. The fraction of sp³-hybridized carbons (Fsp3) is 0.0714. The van der Waals surface area contributed by atoms with Crippen molar-refractivity contribution in [2.24, 2.45) is 0 Å². The van der Waals surface area contributed by atoms with Crippen molar-refractivity contribution in [3.05, 3.63) is 46.8 Å². The van der Waals surface area contributed by atoms with Crippen molar-refractivity contribution in [1.29, 1.82) is 0 Å². The lowest BCUT2D eigenvalue weighted by Gasteiger charge is -1.99. The van der Waals surface area contributed by atoms with Crippen LogP contribution >= 0.6 is 22.7 Å². The number of hydrogen-bond acceptors (Lipinski definition) is 5. The molecule has 4 aromatic rings. The van der Waals surface area contributed by atoms with Crippen LogP contribution in [0.25, 0.3) is 26.2 Å². The summed E-state index contributed by atoms with van der Waals surface area (Å²) in [5.74, 6) is -0.890. The molecule has 0 bridgehead atoms. The summed E-state index contributed by atoms with van der Waals surface area (Å²) in [5.41, 5.74) is 1.17. The molecule has 0 amide bonds. The topological polar surface area (TPSA) is 43.1 Å². The summed E-state index contributed by atoms with van der Waals surface area (Å²) in [6.07, 6.45) is 0. The maximum Gasteiger partial charge on any atom is 0.235 e. The summed E-state index contributed by atoms with van der Waals surface area (Å²) in [7, 11) is 0. The molecule has 0 aliphatic carbocycles. The molecule has 4 rings (SSSR count). The van der Waals surface area contributed by atoms with E-state index in [-0.39, 0.29) is 11.4 Å². The summed E-state index contributed by atoms with van der Waals surface area (Å²) in [6.45, 7) is 2.00. The van der Waals surface area contributed by atoms with Gasteiger partial charge in [0, 0.05) is 0 Å². The van der Waals surface area contributed by atoms with E-state index >= 15 is 0 Å². The van der Waals surface area contributed by atoms with Crippen molar-refractivity contribution < 1.29 is 8.78 Å². The van der Waals surface area contributed by atoms with E-state index in [2.05, 4.69) is 15.3 Å². The normalized spacial score (nSPS) is 11.4. The van der Waals surface area contributed by atoms with Crippen molar-refractivity contribution in [2.45, 2.75) is 6.92 Å². The van der Waals surface area contributed by atoms with Crippen LogP contribution in [0.15, 0.2) is 29.6 Å². The predicted molar refractivity (Wildman–Crippen MR) is 82.1 cm³/mol. The van der Waals surface area contributed by atoms with E-state index in [4.69, 9.17) is 0 Å². The number of fused-ring (bicyclic) bond motifs is 1. The number of thiophene rings is 1. The molecular weight excluding hydrogens is 326 g/mol. The Balaban J connectivity index is 1.91. The molecule has 0 saturated carbocycles. The lowest BCUT2D eigenvalue weighted by molar-refractivity contribution is 0.601. The number of rotatable bonds is 2. The van der Waals surface area contributed by atoms with E-state index in [0.717, 1.165) is 33.6 Å². The summed E-state index contributed by atoms with van der Waals surface area (Å²) < 4.78 is 28.8. The fourth-order valence-corrected chi connectivity index (χ4v) is 4.06. The Morgan fingerprint density at radius 1 is 1.14 bits per heavy atom. The molecule has 0 fully saturated rings. The van der Waals surface area contributed by atoms with Gasteiger partial charge in [-0.3, -0.25) is 0 Å². The molecule has 0 aliphatic heterocycles. The molecule has 0 atom stereocenters. The van der Waals surface area contributed by atoms with Gasteiger partial charge in [0.05, 0.1) is 10.4 Å². The second-order valence-electron chi connectivity index (χ2n) is 4.68. The quantitative estimate of drug-likeness (QED) is 0.553. The van der Waals surface area contributed by atoms with Gasteiger partial charge in [-0.2, -0.15) is 9.61 Å². The summed E-state index contributed by atoms with van der Waals surface area (Å²) >= 11 is 2.95. The molecule has 0 spiro atoms. The van der Waals surface area contributed by atoms with Crippen LogP contribution in [0.1, 0.15) is 5.56 Å². The first-order valence-electron chi connectivity index (χ1n) is 6.35. The van der Waals surface area contributed by atoms with Crippen LogP contribution < -0.4 is 0 Å². The lowest BCUT2D eigenvalue weighted by atomic mass is 10.2. The molecule has 0 aliphatic rings. The van der Waals surface area contributed by atoms with Crippen LogP contribution in [0.5, 0.6) is 0 Å². The smallest absolute Gasteiger partial charge is 0.207 e. The first kappa shape index (κ1) is 13.5. The first-order valence-corrected chi connectivity index (χ1v) is 8.05. The monoisotopic (exact) mass is 334 g/mol. The van der Waals surface area contributed by atoms with Crippen LogP contribution in [0.2, 0.25) is 0 Å². The Hall–Kier alpha value is -2.19. The zero-order chi connectivity index (χ0) is 15.3. The number of aryl methyl sites for hydroxylation is 1. The molecule has 1 aromatic carbocycles. The third kappa shape index (κ3) is 2.03. The average Bonchev–Trinajstić information content (AvgIpc) is 3.16. The van der Waals surface area contributed by atoms with Gasteiger partial charge >= 0.3 is 0 Å². The van der Waals surface area contributed by atoms with Gasteiger partial charge in [0.2, 0.25) is 4.96 Å². The molecule has 0 unspecified atom stereocenters. The SMILES string of the molecule is Cc1ccsc1-c1nn2c(-c3cc(F)ccc3F)nnc2s1. The predicted octanol–water partition coefficient (Wildman–Crippen LogP) is 4.17. The van der Waals surface area contributed by atoms with E-state index in [0.29, 0.717) is 4.96 Å². The molecular formula is C14H8F2N4S2. The molecule has 22 heavy (non-hydrogen) atoms. The molecule has 4 nitrogen and oxygen atoms in total. The fourth-order valence-electron chi connectivity index (χ4n) is 2.14. The molecule has 110 valence electrons. The molecule has 0 radical (unpaired) electrons. The second-order valence-corrected chi connectivity index (χ2v) is 6.55. The van der Waals surface area contributed by atoms with Crippen LogP contribution in [0, 0.1) is 18.6 Å². The molecule has 3 heterocycles. The highest BCUT2D eigenvalue weighted by molar-refractivity contribution is 7.24. The number of halogens is 2. The van der Waals surface area contributed by atoms with Gasteiger partial charge in [-0.1, -0.05) is 11.3 Å². The highest BCUT2D eigenvalue weighted by Gasteiger charge is 2.18. The maximum atomic E-state index is 13.9. The Morgan fingerprint density at radius 3 is 2.77 bits per heavy atom. The number of benzene rings is 1. The average molecular weight is 334 g/mol. The maximum absolute atomic E-state index is 13.9. The van der Waals surface area contributed by atoms with Gasteiger partial charge in [0.15, 0.2) is 10.8 Å². The Labute approximate surface area is 131 Å². The van der Waals surface area contributed by atoms with Crippen LogP contribution in [-0.2, 0) is 0 Å². The van der Waals surface area contributed by atoms with Crippen molar-refractivity contribution in [3.63, 3.8) is 0 Å². The van der Waals surface area contributed by atoms with Crippen molar-refractivity contribution >= 4 is 27.6 Å². The third-order valence-corrected chi connectivity index (χ3v) is 5.29. The van der Waals surface area contributed by atoms with E-state index in [1.165, 1.54) is 15.9 Å². The van der Waals surface area contributed by atoms with Gasteiger partial charge < -0.3 is 0 Å². The number of aromatic nitrogens is 4. The zero-order valence-electron chi connectivity index (χ0n) is 11.2. The zero-order valence-corrected chi connectivity index (χ0v) is 12.9. The highest BCUT2D eigenvalue weighted by Crippen LogP contribution is 2.33. The lowest BCUT2D eigenvalue weighted by Crippen LogP contribution is -1.94. The largest absolute Gasteiger partial charge is 0.235 e.